The first-order chi connectivity index (χ1) is 15.0. The summed E-state index contributed by atoms with van der Waals surface area (Å²) in [5.74, 6) is 0.598. The molecule has 2 aromatic rings. The van der Waals surface area contributed by atoms with E-state index in [0.717, 1.165) is 61.9 Å². The molecule has 0 bridgehead atoms. The average Bonchev–Trinajstić information content (AvgIpc) is 3.28. The summed E-state index contributed by atoms with van der Waals surface area (Å²) in [6, 6.07) is 7.14. The highest BCUT2D eigenvalue weighted by molar-refractivity contribution is 5.93. The Morgan fingerprint density at radius 3 is 2.39 bits per heavy atom. The molecule has 0 spiro atoms. The largest absolute Gasteiger partial charge is 0.366 e. The standard InChI is InChI=1S/C24H31N5O2/c1-28(2)24-26-15-19(16-10-12-17(13-11-16)22(25)30)21(27-24)20-9-6-14-29(20)23(31)18-7-4-3-5-8-18/h10-13,15,18,20H,3-9,14H2,1-2H3,(H2,25,30)/t20-/m0/s1. The molecule has 0 unspecified atom stereocenters. The van der Waals surface area contributed by atoms with Gasteiger partial charge in [0.2, 0.25) is 17.8 Å². The predicted molar refractivity (Wildman–Crippen MR) is 121 cm³/mol. The van der Waals surface area contributed by atoms with Gasteiger partial charge >= 0.3 is 0 Å². The molecule has 2 N–H and O–H groups in total. The van der Waals surface area contributed by atoms with E-state index in [2.05, 4.69) is 9.88 Å². The molecule has 1 atom stereocenters. The summed E-state index contributed by atoms with van der Waals surface area (Å²) >= 11 is 0. The maximum absolute atomic E-state index is 13.4. The fourth-order valence-electron chi connectivity index (χ4n) is 4.79. The number of anilines is 1. The highest BCUT2D eigenvalue weighted by Crippen LogP contribution is 2.39. The first kappa shape index (κ1) is 21.3. The zero-order valence-electron chi connectivity index (χ0n) is 18.4. The maximum Gasteiger partial charge on any atom is 0.248 e. The number of benzene rings is 1. The second-order valence-corrected chi connectivity index (χ2v) is 8.83. The van der Waals surface area contributed by atoms with Crippen LogP contribution in [0.2, 0.25) is 0 Å². The third-order valence-corrected chi connectivity index (χ3v) is 6.49. The van der Waals surface area contributed by atoms with Crippen molar-refractivity contribution in [1.82, 2.24) is 14.9 Å². The predicted octanol–water partition coefficient (Wildman–Crippen LogP) is 3.55. The van der Waals surface area contributed by atoms with Crippen LogP contribution in [-0.4, -0.2) is 47.3 Å². The van der Waals surface area contributed by atoms with Gasteiger partial charge in [0, 0.05) is 43.9 Å². The Bertz CT molecular complexity index is 951. The van der Waals surface area contributed by atoms with Crippen molar-refractivity contribution in [3.8, 4) is 11.1 Å². The molecule has 31 heavy (non-hydrogen) atoms. The molecular weight excluding hydrogens is 390 g/mol. The fourth-order valence-corrected chi connectivity index (χ4v) is 4.79. The van der Waals surface area contributed by atoms with E-state index in [0.29, 0.717) is 11.5 Å². The quantitative estimate of drug-likeness (QED) is 0.797. The Labute approximate surface area is 183 Å². The number of likely N-dealkylation sites (tertiary alicyclic amines) is 1. The van der Waals surface area contributed by atoms with Gasteiger partial charge < -0.3 is 15.5 Å². The molecule has 7 nitrogen and oxygen atoms in total. The summed E-state index contributed by atoms with van der Waals surface area (Å²) < 4.78 is 0. The van der Waals surface area contributed by atoms with Crippen LogP contribution in [0.25, 0.3) is 11.1 Å². The summed E-state index contributed by atoms with van der Waals surface area (Å²) in [5.41, 5.74) is 8.56. The molecule has 2 fully saturated rings. The van der Waals surface area contributed by atoms with Gasteiger partial charge in [-0.3, -0.25) is 9.59 Å². The van der Waals surface area contributed by atoms with Crippen molar-refractivity contribution in [2.45, 2.75) is 51.0 Å². The number of amides is 2. The molecule has 1 saturated carbocycles. The molecule has 2 heterocycles. The van der Waals surface area contributed by atoms with Gasteiger partial charge in [-0.05, 0) is 43.4 Å². The Morgan fingerprint density at radius 2 is 1.74 bits per heavy atom. The van der Waals surface area contributed by atoms with Crippen molar-refractivity contribution in [3.05, 3.63) is 41.7 Å². The number of primary amides is 1. The number of hydrogen-bond acceptors (Lipinski definition) is 5. The van der Waals surface area contributed by atoms with Gasteiger partial charge in [0.15, 0.2) is 0 Å². The topological polar surface area (TPSA) is 92.4 Å². The van der Waals surface area contributed by atoms with Crippen molar-refractivity contribution in [3.63, 3.8) is 0 Å². The van der Waals surface area contributed by atoms with Crippen LogP contribution in [-0.2, 0) is 4.79 Å². The minimum atomic E-state index is -0.453. The van der Waals surface area contributed by atoms with Crippen LogP contribution >= 0.6 is 0 Å². The molecule has 1 aromatic carbocycles. The van der Waals surface area contributed by atoms with Crippen LogP contribution < -0.4 is 10.6 Å². The van der Waals surface area contributed by atoms with Crippen LogP contribution in [0.1, 0.15) is 67.0 Å². The lowest BCUT2D eigenvalue weighted by atomic mass is 9.88. The van der Waals surface area contributed by atoms with Gasteiger partial charge in [0.25, 0.3) is 0 Å². The van der Waals surface area contributed by atoms with Gasteiger partial charge in [-0.25, -0.2) is 9.97 Å². The van der Waals surface area contributed by atoms with Gasteiger partial charge in [0.1, 0.15) is 0 Å². The third kappa shape index (κ3) is 4.40. The van der Waals surface area contributed by atoms with E-state index in [1.54, 1.807) is 12.1 Å². The lowest BCUT2D eigenvalue weighted by Crippen LogP contribution is -2.37. The summed E-state index contributed by atoms with van der Waals surface area (Å²) in [6.07, 6.45) is 9.22. The molecule has 7 heteroatoms. The molecule has 1 saturated heterocycles. The zero-order chi connectivity index (χ0) is 22.0. The smallest absolute Gasteiger partial charge is 0.248 e. The minimum absolute atomic E-state index is 0.0538. The summed E-state index contributed by atoms with van der Waals surface area (Å²) in [4.78, 5) is 38.2. The number of hydrogen-bond donors (Lipinski definition) is 1. The van der Waals surface area contributed by atoms with E-state index in [1.807, 2.05) is 37.3 Å². The molecule has 0 radical (unpaired) electrons. The maximum atomic E-state index is 13.4. The number of rotatable bonds is 5. The Kier molecular flexibility index (Phi) is 6.20. The summed E-state index contributed by atoms with van der Waals surface area (Å²) in [5, 5.41) is 0. The van der Waals surface area contributed by atoms with Crippen molar-refractivity contribution in [2.75, 3.05) is 25.5 Å². The Balaban J connectivity index is 1.71. The first-order valence-corrected chi connectivity index (χ1v) is 11.2. The molecule has 1 aromatic heterocycles. The van der Waals surface area contributed by atoms with E-state index >= 15 is 0 Å². The van der Waals surface area contributed by atoms with Crippen molar-refractivity contribution < 1.29 is 9.59 Å². The van der Waals surface area contributed by atoms with Gasteiger partial charge in [0.05, 0.1) is 11.7 Å². The average molecular weight is 422 g/mol. The van der Waals surface area contributed by atoms with Crippen molar-refractivity contribution in [2.24, 2.45) is 11.7 Å². The van der Waals surface area contributed by atoms with Gasteiger partial charge in [-0.15, -0.1) is 0 Å². The van der Waals surface area contributed by atoms with Gasteiger partial charge in [-0.1, -0.05) is 31.4 Å². The van der Waals surface area contributed by atoms with Gasteiger partial charge in [-0.2, -0.15) is 0 Å². The van der Waals surface area contributed by atoms with E-state index in [1.165, 1.54) is 6.42 Å². The van der Waals surface area contributed by atoms with Crippen LogP contribution in [0.3, 0.4) is 0 Å². The van der Waals surface area contributed by atoms with Crippen molar-refractivity contribution >= 4 is 17.8 Å². The highest BCUT2D eigenvalue weighted by Gasteiger charge is 2.36. The van der Waals surface area contributed by atoms with E-state index in [9.17, 15) is 9.59 Å². The summed E-state index contributed by atoms with van der Waals surface area (Å²) in [7, 11) is 3.83. The van der Waals surface area contributed by atoms with Crippen LogP contribution in [0.15, 0.2) is 30.5 Å². The molecule has 4 rings (SSSR count). The normalized spacial score (nSPS) is 19.4. The molecule has 2 aliphatic rings. The third-order valence-electron chi connectivity index (χ3n) is 6.49. The number of aromatic nitrogens is 2. The lowest BCUT2D eigenvalue weighted by molar-refractivity contribution is -0.137. The fraction of sp³-hybridized carbons (Fsp3) is 0.500. The van der Waals surface area contributed by atoms with Crippen molar-refractivity contribution in [1.29, 1.82) is 0 Å². The minimum Gasteiger partial charge on any atom is -0.366 e. The number of nitrogens with two attached hydrogens (primary N) is 1. The zero-order valence-corrected chi connectivity index (χ0v) is 18.4. The van der Waals surface area contributed by atoms with E-state index in [4.69, 9.17) is 10.7 Å². The lowest BCUT2D eigenvalue weighted by Gasteiger charge is -2.31. The molecule has 2 amide bonds. The second kappa shape index (κ2) is 9.04. The van der Waals surface area contributed by atoms with E-state index < -0.39 is 5.91 Å². The molecular formula is C24H31N5O2. The van der Waals surface area contributed by atoms with Crippen LogP contribution in [0, 0.1) is 5.92 Å². The Morgan fingerprint density at radius 1 is 1.03 bits per heavy atom. The molecule has 164 valence electrons. The number of carbonyl (C=O) groups is 2. The van der Waals surface area contributed by atoms with E-state index in [-0.39, 0.29) is 17.9 Å². The summed E-state index contributed by atoms with van der Waals surface area (Å²) in [6.45, 7) is 0.779. The first-order valence-electron chi connectivity index (χ1n) is 11.2. The second-order valence-electron chi connectivity index (χ2n) is 8.83. The number of carbonyl (C=O) groups excluding carboxylic acids is 2. The highest BCUT2D eigenvalue weighted by atomic mass is 16.2. The molecule has 1 aliphatic carbocycles. The SMILES string of the molecule is CN(C)c1ncc(-c2ccc(C(N)=O)cc2)c([C@@H]2CCCN2C(=O)C2CCCCC2)n1. The Hall–Kier alpha value is -2.96. The van der Waals surface area contributed by atoms with Crippen LogP contribution in [0.4, 0.5) is 5.95 Å². The number of nitrogens with zero attached hydrogens (tertiary/aromatic N) is 4. The van der Waals surface area contributed by atoms with Crippen LogP contribution in [0.5, 0.6) is 0 Å². The monoisotopic (exact) mass is 421 g/mol. The molecule has 1 aliphatic heterocycles.